The Morgan fingerprint density at radius 2 is 2.36 bits per heavy atom. The van der Waals surface area contributed by atoms with Crippen molar-refractivity contribution in [1.82, 2.24) is 0 Å². The van der Waals surface area contributed by atoms with E-state index in [1.807, 2.05) is 0 Å². The number of ketones is 1. The minimum atomic E-state index is -0.742. The maximum atomic E-state index is 11.5. The first-order valence-electron chi connectivity index (χ1n) is 4.79. The molecule has 0 aromatic carbocycles. The molecule has 0 aromatic rings. The van der Waals surface area contributed by atoms with Crippen LogP contribution in [0.2, 0.25) is 0 Å². The number of aliphatic hydroxyl groups excluding tert-OH is 1. The van der Waals surface area contributed by atoms with Crippen LogP contribution in [0.3, 0.4) is 0 Å². The molecule has 1 aliphatic rings. The minimum absolute atomic E-state index is 0.0499. The lowest BCUT2D eigenvalue weighted by Crippen LogP contribution is -2.33. The van der Waals surface area contributed by atoms with Crippen molar-refractivity contribution in [2.75, 3.05) is 7.11 Å². The van der Waals surface area contributed by atoms with Crippen LogP contribution in [0.5, 0.6) is 0 Å². The summed E-state index contributed by atoms with van der Waals surface area (Å²) in [4.78, 5) is 22.4. The summed E-state index contributed by atoms with van der Waals surface area (Å²) in [6.07, 6.45) is 0.879. The lowest BCUT2D eigenvalue weighted by Gasteiger charge is -2.25. The molecular weight excluding hydrogens is 184 g/mol. The zero-order valence-electron chi connectivity index (χ0n) is 8.58. The topological polar surface area (TPSA) is 63.6 Å². The van der Waals surface area contributed by atoms with E-state index in [2.05, 4.69) is 4.74 Å². The van der Waals surface area contributed by atoms with Crippen molar-refractivity contribution in [3.63, 3.8) is 0 Å². The Bertz CT molecular complexity index is 249. The second-order valence-corrected chi connectivity index (χ2v) is 3.97. The van der Waals surface area contributed by atoms with E-state index in [-0.39, 0.29) is 18.2 Å². The van der Waals surface area contributed by atoms with Crippen molar-refractivity contribution in [3.8, 4) is 0 Å². The first-order valence-corrected chi connectivity index (χ1v) is 4.79. The van der Waals surface area contributed by atoms with E-state index in [0.717, 1.165) is 0 Å². The quantitative estimate of drug-likeness (QED) is 0.680. The summed E-state index contributed by atoms with van der Waals surface area (Å²) in [5.74, 6) is -0.285. The molecule has 1 aliphatic carbocycles. The number of carbonyl (C=O) groups is 2. The maximum absolute atomic E-state index is 11.5. The van der Waals surface area contributed by atoms with Crippen molar-refractivity contribution < 1.29 is 19.4 Å². The summed E-state index contributed by atoms with van der Waals surface area (Å²) >= 11 is 0. The molecule has 0 saturated heterocycles. The first kappa shape index (κ1) is 11.2. The van der Waals surface area contributed by atoms with E-state index >= 15 is 0 Å². The summed E-state index contributed by atoms with van der Waals surface area (Å²) < 4.78 is 4.49. The maximum Gasteiger partial charge on any atom is 0.305 e. The highest BCUT2D eigenvalue weighted by molar-refractivity contribution is 5.87. The Hall–Kier alpha value is -0.900. The molecule has 4 nitrogen and oxygen atoms in total. The summed E-state index contributed by atoms with van der Waals surface area (Å²) in [6, 6.07) is 0. The molecule has 1 rings (SSSR count). The van der Waals surface area contributed by atoms with Crippen LogP contribution in [0, 0.1) is 5.41 Å². The van der Waals surface area contributed by atoms with Gasteiger partial charge in [-0.1, -0.05) is 6.92 Å². The highest BCUT2D eigenvalue weighted by Crippen LogP contribution is 2.38. The number of ether oxygens (including phenoxy) is 1. The van der Waals surface area contributed by atoms with E-state index in [9.17, 15) is 14.7 Å². The summed E-state index contributed by atoms with van der Waals surface area (Å²) in [6.45, 7) is 1.72. The average Bonchev–Trinajstić information content (AvgIpc) is 2.43. The van der Waals surface area contributed by atoms with Crippen LogP contribution in [0.4, 0.5) is 0 Å². The molecule has 0 bridgehead atoms. The van der Waals surface area contributed by atoms with Gasteiger partial charge in [0, 0.05) is 12.8 Å². The van der Waals surface area contributed by atoms with Gasteiger partial charge in [-0.05, 0) is 12.8 Å². The van der Waals surface area contributed by atoms with Gasteiger partial charge in [0.05, 0.1) is 18.6 Å². The van der Waals surface area contributed by atoms with Crippen LogP contribution in [-0.4, -0.2) is 30.1 Å². The smallest absolute Gasteiger partial charge is 0.305 e. The zero-order chi connectivity index (χ0) is 10.8. The first-order chi connectivity index (χ1) is 6.50. The van der Waals surface area contributed by atoms with Gasteiger partial charge < -0.3 is 9.84 Å². The second kappa shape index (κ2) is 4.09. The highest BCUT2D eigenvalue weighted by Gasteiger charge is 2.44. The average molecular weight is 200 g/mol. The fraction of sp³-hybridized carbons (Fsp3) is 0.800. The van der Waals surface area contributed by atoms with Gasteiger partial charge in [0.15, 0.2) is 0 Å². The Labute approximate surface area is 83.2 Å². The van der Waals surface area contributed by atoms with Crippen LogP contribution in [0.15, 0.2) is 0 Å². The molecule has 0 heterocycles. The van der Waals surface area contributed by atoms with Crippen LogP contribution in [0.1, 0.15) is 32.6 Å². The van der Waals surface area contributed by atoms with Crippen LogP contribution in [0.25, 0.3) is 0 Å². The van der Waals surface area contributed by atoms with Crippen LogP contribution in [-0.2, 0) is 14.3 Å². The van der Waals surface area contributed by atoms with Crippen molar-refractivity contribution in [3.05, 3.63) is 0 Å². The molecular formula is C10H16O4. The van der Waals surface area contributed by atoms with E-state index in [1.54, 1.807) is 6.92 Å². The Morgan fingerprint density at radius 3 is 2.79 bits per heavy atom. The van der Waals surface area contributed by atoms with Gasteiger partial charge in [0.1, 0.15) is 5.78 Å². The number of hydrogen-bond acceptors (Lipinski definition) is 4. The minimum Gasteiger partial charge on any atom is -0.469 e. The molecule has 0 spiro atoms. The molecule has 1 saturated carbocycles. The second-order valence-electron chi connectivity index (χ2n) is 3.97. The molecule has 80 valence electrons. The largest absolute Gasteiger partial charge is 0.469 e. The number of hydrogen-bond donors (Lipinski definition) is 1. The number of rotatable bonds is 3. The lowest BCUT2D eigenvalue weighted by atomic mass is 9.81. The number of esters is 1. The van der Waals surface area contributed by atoms with Crippen LogP contribution >= 0.6 is 0 Å². The van der Waals surface area contributed by atoms with Gasteiger partial charge >= 0.3 is 5.97 Å². The number of methoxy groups -OCH3 is 1. The molecule has 0 unspecified atom stereocenters. The molecule has 2 atom stereocenters. The van der Waals surface area contributed by atoms with Gasteiger partial charge in [0.2, 0.25) is 0 Å². The molecule has 0 aromatic heterocycles. The van der Waals surface area contributed by atoms with Crippen molar-refractivity contribution in [2.45, 2.75) is 38.7 Å². The number of carbonyl (C=O) groups excluding carboxylic acids is 2. The normalized spacial score (nSPS) is 31.9. The van der Waals surface area contributed by atoms with E-state index in [0.29, 0.717) is 19.3 Å². The molecule has 4 heteroatoms. The fourth-order valence-electron chi connectivity index (χ4n) is 1.83. The fourth-order valence-corrected chi connectivity index (χ4v) is 1.83. The van der Waals surface area contributed by atoms with Gasteiger partial charge in [-0.25, -0.2) is 0 Å². The summed E-state index contributed by atoms with van der Waals surface area (Å²) in [7, 11) is 1.32. The summed E-state index contributed by atoms with van der Waals surface area (Å²) in [5.41, 5.74) is -0.742. The van der Waals surface area contributed by atoms with Crippen molar-refractivity contribution in [2.24, 2.45) is 5.41 Å². The summed E-state index contributed by atoms with van der Waals surface area (Å²) in [5, 5.41) is 9.63. The number of Topliss-reactive ketones (excluding diaryl/α,β-unsaturated/α-hetero) is 1. The SMILES string of the molecule is COC(=O)CC[C@]1(C)C(=O)CC[C@H]1O. The van der Waals surface area contributed by atoms with Gasteiger partial charge in [-0.3, -0.25) is 9.59 Å². The molecule has 14 heavy (non-hydrogen) atoms. The van der Waals surface area contributed by atoms with E-state index in [1.165, 1.54) is 7.11 Å². The zero-order valence-corrected chi connectivity index (χ0v) is 8.58. The van der Waals surface area contributed by atoms with E-state index in [4.69, 9.17) is 0 Å². The Kier molecular flexibility index (Phi) is 3.26. The highest BCUT2D eigenvalue weighted by atomic mass is 16.5. The third-order valence-electron chi connectivity index (χ3n) is 3.09. The van der Waals surface area contributed by atoms with Gasteiger partial charge in [-0.2, -0.15) is 0 Å². The standard InChI is InChI=1S/C10H16O4/c1-10(6-5-9(13)14-2)7(11)3-4-8(10)12/h7,11H,3-6H2,1-2H3/t7-,10+/m1/s1. The monoisotopic (exact) mass is 200 g/mol. The molecule has 1 N–H and O–H groups in total. The lowest BCUT2D eigenvalue weighted by molar-refractivity contribution is -0.142. The third-order valence-corrected chi connectivity index (χ3v) is 3.09. The predicted molar refractivity (Wildman–Crippen MR) is 49.6 cm³/mol. The molecule has 0 amide bonds. The van der Waals surface area contributed by atoms with E-state index < -0.39 is 11.5 Å². The van der Waals surface area contributed by atoms with Crippen molar-refractivity contribution >= 4 is 11.8 Å². The third kappa shape index (κ3) is 1.95. The Morgan fingerprint density at radius 1 is 1.71 bits per heavy atom. The Balaban J connectivity index is 2.56. The van der Waals surface area contributed by atoms with Gasteiger partial charge in [-0.15, -0.1) is 0 Å². The molecule has 0 radical (unpaired) electrons. The number of aliphatic hydroxyl groups is 1. The van der Waals surface area contributed by atoms with Crippen LogP contribution < -0.4 is 0 Å². The molecule has 0 aliphatic heterocycles. The predicted octanol–water partition coefficient (Wildman–Crippen LogP) is 0.670. The van der Waals surface area contributed by atoms with Crippen molar-refractivity contribution in [1.29, 1.82) is 0 Å². The van der Waals surface area contributed by atoms with Gasteiger partial charge in [0.25, 0.3) is 0 Å². The molecule has 1 fully saturated rings.